The lowest BCUT2D eigenvalue weighted by Crippen LogP contribution is -2.46. The van der Waals surface area contributed by atoms with Gasteiger partial charge in [-0.25, -0.2) is 19.9 Å². The monoisotopic (exact) mass is 336 g/mol. The number of nitrogens with zero attached hydrogens (tertiary/aromatic N) is 6. The molecule has 1 fully saturated rings. The topological polar surface area (TPSA) is 67.3 Å². The molecule has 0 unspecified atom stereocenters. The summed E-state index contributed by atoms with van der Waals surface area (Å²) < 4.78 is 5.12. The van der Waals surface area contributed by atoms with Gasteiger partial charge in [0.1, 0.15) is 18.8 Å². The van der Waals surface area contributed by atoms with Crippen LogP contribution in [0.2, 0.25) is 0 Å². The summed E-state index contributed by atoms with van der Waals surface area (Å²) in [6.45, 7) is 4.18. The van der Waals surface area contributed by atoms with E-state index < -0.39 is 0 Å². The smallest absolute Gasteiger partial charge is 0.156 e. The molecule has 128 valence electrons. The molecule has 3 heterocycles. The third-order valence-electron chi connectivity index (χ3n) is 4.42. The van der Waals surface area contributed by atoms with Crippen molar-refractivity contribution >= 4 is 22.4 Å². The molecule has 1 aliphatic heterocycles. The van der Waals surface area contributed by atoms with Crippen LogP contribution < -0.4 is 9.80 Å². The molecule has 0 atom stereocenters. The zero-order valence-corrected chi connectivity index (χ0v) is 14.2. The molecule has 2 aromatic heterocycles. The lowest BCUT2D eigenvalue weighted by atomic mass is 10.2. The predicted octanol–water partition coefficient (Wildman–Crippen LogP) is 1.89. The SMILES string of the molecule is COCc1nccc(N2CCN(c3ccc4ncncc4c3)CC2)n1. The predicted molar refractivity (Wildman–Crippen MR) is 96.7 cm³/mol. The number of rotatable bonds is 4. The van der Waals surface area contributed by atoms with Gasteiger partial charge in [0.05, 0.1) is 5.52 Å². The summed E-state index contributed by atoms with van der Waals surface area (Å²) in [6.07, 6.45) is 5.24. The highest BCUT2D eigenvalue weighted by Crippen LogP contribution is 2.22. The summed E-state index contributed by atoms with van der Waals surface area (Å²) in [5, 5.41) is 1.07. The number of piperazine rings is 1. The Labute approximate surface area is 146 Å². The van der Waals surface area contributed by atoms with E-state index in [-0.39, 0.29) is 0 Å². The zero-order valence-electron chi connectivity index (χ0n) is 14.2. The van der Waals surface area contributed by atoms with Crippen molar-refractivity contribution < 1.29 is 4.74 Å². The van der Waals surface area contributed by atoms with Gasteiger partial charge in [0.25, 0.3) is 0 Å². The summed E-state index contributed by atoms with van der Waals surface area (Å²) in [5.41, 5.74) is 2.19. The van der Waals surface area contributed by atoms with E-state index in [1.54, 1.807) is 19.6 Å². The molecule has 0 saturated carbocycles. The van der Waals surface area contributed by atoms with Gasteiger partial charge in [-0.1, -0.05) is 0 Å². The Morgan fingerprint density at radius 1 is 1.04 bits per heavy atom. The van der Waals surface area contributed by atoms with Crippen LogP contribution in [0.3, 0.4) is 0 Å². The second-order valence-electron chi connectivity index (χ2n) is 6.00. The van der Waals surface area contributed by atoms with Gasteiger partial charge >= 0.3 is 0 Å². The molecule has 0 spiro atoms. The molecule has 1 aromatic carbocycles. The van der Waals surface area contributed by atoms with Gasteiger partial charge in [0.2, 0.25) is 0 Å². The van der Waals surface area contributed by atoms with Crippen LogP contribution in [0.1, 0.15) is 5.82 Å². The maximum absolute atomic E-state index is 5.12. The molecule has 1 saturated heterocycles. The molecule has 3 aromatic rings. The molecule has 7 nitrogen and oxygen atoms in total. The summed E-state index contributed by atoms with van der Waals surface area (Å²) in [7, 11) is 1.66. The molecule has 0 N–H and O–H groups in total. The number of hydrogen-bond acceptors (Lipinski definition) is 7. The number of anilines is 2. The van der Waals surface area contributed by atoms with Crippen molar-refractivity contribution in [2.45, 2.75) is 6.61 Å². The van der Waals surface area contributed by atoms with Crippen LogP contribution in [0.5, 0.6) is 0 Å². The first-order valence-electron chi connectivity index (χ1n) is 8.34. The van der Waals surface area contributed by atoms with Crippen LogP contribution in [0, 0.1) is 0 Å². The van der Waals surface area contributed by atoms with Crippen molar-refractivity contribution in [2.75, 3.05) is 43.1 Å². The van der Waals surface area contributed by atoms with Crippen molar-refractivity contribution in [1.82, 2.24) is 19.9 Å². The molecule has 0 aliphatic carbocycles. The molecular weight excluding hydrogens is 316 g/mol. The average molecular weight is 336 g/mol. The Kier molecular flexibility index (Phi) is 4.39. The first-order chi connectivity index (χ1) is 12.3. The van der Waals surface area contributed by atoms with E-state index in [1.165, 1.54) is 5.69 Å². The number of aromatic nitrogens is 4. The van der Waals surface area contributed by atoms with Crippen molar-refractivity contribution in [3.8, 4) is 0 Å². The summed E-state index contributed by atoms with van der Waals surface area (Å²) in [6, 6.07) is 8.31. The van der Waals surface area contributed by atoms with Gasteiger partial charge in [-0.05, 0) is 24.3 Å². The van der Waals surface area contributed by atoms with E-state index in [2.05, 4.69) is 47.9 Å². The van der Waals surface area contributed by atoms with Crippen molar-refractivity contribution in [3.63, 3.8) is 0 Å². The summed E-state index contributed by atoms with van der Waals surface area (Å²) in [5.74, 6) is 1.69. The van der Waals surface area contributed by atoms with E-state index in [0.29, 0.717) is 6.61 Å². The normalized spacial score (nSPS) is 14.9. The third-order valence-corrected chi connectivity index (χ3v) is 4.42. The van der Waals surface area contributed by atoms with Gasteiger partial charge in [0, 0.05) is 56.8 Å². The zero-order chi connectivity index (χ0) is 17.1. The highest BCUT2D eigenvalue weighted by molar-refractivity contribution is 5.81. The molecule has 0 bridgehead atoms. The molecule has 7 heteroatoms. The summed E-state index contributed by atoms with van der Waals surface area (Å²) >= 11 is 0. The molecule has 25 heavy (non-hydrogen) atoms. The average Bonchev–Trinajstić information content (AvgIpc) is 2.68. The number of benzene rings is 1. The van der Waals surface area contributed by atoms with Gasteiger partial charge in [-0.2, -0.15) is 0 Å². The van der Waals surface area contributed by atoms with Gasteiger partial charge < -0.3 is 14.5 Å². The lowest BCUT2D eigenvalue weighted by Gasteiger charge is -2.36. The number of ether oxygens (including phenoxy) is 1. The molecular formula is C18H20N6O. The molecule has 0 amide bonds. The van der Waals surface area contributed by atoms with Crippen LogP contribution in [-0.2, 0) is 11.3 Å². The van der Waals surface area contributed by atoms with E-state index in [4.69, 9.17) is 4.74 Å². The van der Waals surface area contributed by atoms with Crippen LogP contribution in [0.15, 0.2) is 43.0 Å². The number of methoxy groups -OCH3 is 1. The fourth-order valence-electron chi connectivity index (χ4n) is 3.13. The maximum atomic E-state index is 5.12. The van der Waals surface area contributed by atoms with Crippen LogP contribution in [0.25, 0.3) is 10.9 Å². The van der Waals surface area contributed by atoms with E-state index in [0.717, 1.165) is 48.7 Å². The van der Waals surface area contributed by atoms with Gasteiger partial charge in [-0.3, -0.25) is 0 Å². The Bertz CT molecular complexity index is 863. The van der Waals surface area contributed by atoms with Gasteiger partial charge in [0.15, 0.2) is 5.82 Å². The fraction of sp³-hybridized carbons (Fsp3) is 0.333. The van der Waals surface area contributed by atoms with E-state index in [9.17, 15) is 0 Å². The number of fused-ring (bicyclic) bond motifs is 1. The second-order valence-corrected chi connectivity index (χ2v) is 6.00. The fourth-order valence-corrected chi connectivity index (χ4v) is 3.13. The molecule has 0 radical (unpaired) electrons. The summed E-state index contributed by atoms with van der Waals surface area (Å²) in [4.78, 5) is 21.9. The Balaban J connectivity index is 1.46. The van der Waals surface area contributed by atoms with E-state index >= 15 is 0 Å². The third kappa shape index (κ3) is 3.36. The number of hydrogen-bond donors (Lipinski definition) is 0. The quantitative estimate of drug-likeness (QED) is 0.721. The Morgan fingerprint density at radius 2 is 1.88 bits per heavy atom. The van der Waals surface area contributed by atoms with Crippen molar-refractivity contribution in [2.24, 2.45) is 0 Å². The lowest BCUT2D eigenvalue weighted by molar-refractivity contribution is 0.178. The van der Waals surface area contributed by atoms with E-state index in [1.807, 2.05) is 12.3 Å². The standard InChI is InChI=1S/C18H20N6O/c1-25-12-17-20-5-4-18(22-17)24-8-6-23(7-9-24)15-2-3-16-14(10-15)11-19-13-21-16/h2-5,10-11,13H,6-9,12H2,1H3. The minimum atomic E-state index is 0.437. The highest BCUT2D eigenvalue weighted by atomic mass is 16.5. The van der Waals surface area contributed by atoms with Crippen LogP contribution in [-0.4, -0.2) is 53.2 Å². The maximum Gasteiger partial charge on any atom is 0.156 e. The first kappa shape index (κ1) is 15.7. The van der Waals surface area contributed by atoms with Crippen LogP contribution in [0.4, 0.5) is 11.5 Å². The molecule has 4 rings (SSSR count). The molecule has 1 aliphatic rings. The minimum Gasteiger partial charge on any atom is -0.377 e. The van der Waals surface area contributed by atoms with Crippen molar-refractivity contribution in [1.29, 1.82) is 0 Å². The second kappa shape index (κ2) is 6.98. The highest BCUT2D eigenvalue weighted by Gasteiger charge is 2.19. The van der Waals surface area contributed by atoms with Crippen molar-refractivity contribution in [3.05, 3.63) is 48.8 Å². The Hall–Kier alpha value is -2.80. The largest absolute Gasteiger partial charge is 0.377 e. The Morgan fingerprint density at radius 3 is 2.72 bits per heavy atom. The van der Waals surface area contributed by atoms with Gasteiger partial charge in [-0.15, -0.1) is 0 Å². The minimum absolute atomic E-state index is 0.437. The van der Waals surface area contributed by atoms with Crippen LogP contribution >= 0.6 is 0 Å². The first-order valence-corrected chi connectivity index (χ1v) is 8.34.